The molecule has 1 aliphatic rings. The summed E-state index contributed by atoms with van der Waals surface area (Å²) in [6, 6.07) is 1.80. The lowest BCUT2D eigenvalue weighted by Gasteiger charge is -2.13. The number of ether oxygens (including phenoxy) is 1. The maximum atomic E-state index is 13.5. The van der Waals surface area contributed by atoms with Gasteiger partial charge in [-0.25, -0.2) is 8.78 Å². The molecule has 1 atom stereocenters. The van der Waals surface area contributed by atoms with Gasteiger partial charge in [-0.2, -0.15) is 0 Å². The third kappa shape index (κ3) is 1.95. The van der Waals surface area contributed by atoms with Gasteiger partial charge in [-0.15, -0.1) is 0 Å². The molecular weight excluding hydrogens is 200 g/mol. The molecule has 0 radical (unpaired) electrons. The van der Waals surface area contributed by atoms with Gasteiger partial charge in [-0.3, -0.25) is 0 Å². The van der Waals surface area contributed by atoms with Crippen LogP contribution in [0.1, 0.15) is 24.4 Å². The highest BCUT2D eigenvalue weighted by Crippen LogP contribution is 2.41. The molecule has 2 rings (SSSR count). The zero-order valence-corrected chi connectivity index (χ0v) is 8.47. The molecule has 15 heavy (non-hydrogen) atoms. The maximum Gasteiger partial charge on any atom is 0.134 e. The van der Waals surface area contributed by atoms with Crippen LogP contribution in [0.5, 0.6) is 5.75 Å². The Morgan fingerprint density at radius 2 is 1.87 bits per heavy atom. The first-order valence-corrected chi connectivity index (χ1v) is 4.92. The van der Waals surface area contributed by atoms with Gasteiger partial charge in [0.15, 0.2) is 0 Å². The summed E-state index contributed by atoms with van der Waals surface area (Å²) in [4.78, 5) is 0. The van der Waals surface area contributed by atoms with E-state index in [9.17, 15) is 8.78 Å². The highest BCUT2D eigenvalue weighted by Gasteiger charge is 2.33. The lowest BCUT2D eigenvalue weighted by molar-refractivity contribution is 0.402. The van der Waals surface area contributed by atoms with Crippen LogP contribution < -0.4 is 10.5 Å². The average molecular weight is 213 g/mol. The zero-order chi connectivity index (χ0) is 11.0. The summed E-state index contributed by atoms with van der Waals surface area (Å²) in [6.07, 6.45) is 1.90. The minimum atomic E-state index is -0.619. The van der Waals surface area contributed by atoms with Gasteiger partial charge in [0.2, 0.25) is 0 Å². The molecule has 1 aromatic carbocycles. The molecular formula is C11H13F2NO. The highest BCUT2D eigenvalue weighted by atomic mass is 19.1. The van der Waals surface area contributed by atoms with Crippen LogP contribution >= 0.6 is 0 Å². The summed E-state index contributed by atoms with van der Waals surface area (Å²) in [5, 5.41) is 0. The van der Waals surface area contributed by atoms with Gasteiger partial charge >= 0.3 is 0 Å². The van der Waals surface area contributed by atoms with Crippen molar-refractivity contribution >= 4 is 0 Å². The lowest BCUT2D eigenvalue weighted by Crippen LogP contribution is -2.16. The molecule has 0 amide bonds. The summed E-state index contributed by atoms with van der Waals surface area (Å²) in [5.41, 5.74) is 5.76. The molecule has 1 aromatic rings. The second-order valence-corrected chi connectivity index (χ2v) is 3.87. The standard InChI is InChI=1S/C11H13F2NO/c1-15-7-4-8(12)10(9(13)5-7)11(14)6-2-3-6/h4-6,11H,2-3,14H2,1H3/t11-/m1/s1. The third-order valence-corrected chi connectivity index (χ3v) is 2.75. The van der Waals surface area contributed by atoms with Crippen LogP contribution in [0.15, 0.2) is 12.1 Å². The SMILES string of the molecule is COc1cc(F)c([C@H](N)C2CC2)c(F)c1. The van der Waals surface area contributed by atoms with Gasteiger partial charge in [0.1, 0.15) is 17.4 Å². The van der Waals surface area contributed by atoms with Crippen LogP contribution in [-0.4, -0.2) is 7.11 Å². The number of hydrogen-bond donors (Lipinski definition) is 1. The quantitative estimate of drug-likeness (QED) is 0.836. The van der Waals surface area contributed by atoms with Crippen molar-refractivity contribution in [2.75, 3.05) is 7.11 Å². The van der Waals surface area contributed by atoms with E-state index in [-0.39, 0.29) is 17.2 Å². The predicted octanol–water partition coefficient (Wildman–Crippen LogP) is 2.38. The van der Waals surface area contributed by atoms with Gasteiger partial charge in [-0.05, 0) is 18.8 Å². The molecule has 1 saturated carbocycles. The molecule has 0 saturated heterocycles. The molecule has 82 valence electrons. The Balaban J connectivity index is 2.37. The van der Waals surface area contributed by atoms with Crippen molar-refractivity contribution in [1.29, 1.82) is 0 Å². The molecule has 1 fully saturated rings. The van der Waals surface area contributed by atoms with E-state index in [1.54, 1.807) is 0 Å². The van der Waals surface area contributed by atoms with Crippen LogP contribution in [0.4, 0.5) is 8.78 Å². The Kier molecular flexibility index (Phi) is 2.61. The fraction of sp³-hybridized carbons (Fsp3) is 0.455. The summed E-state index contributed by atoms with van der Waals surface area (Å²) in [6.45, 7) is 0. The van der Waals surface area contributed by atoms with Crippen molar-refractivity contribution in [2.24, 2.45) is 11.7 Å². The van der Waals surface area contributed by atoms with Gasteiger partial charge in [0.25, 0.3) is 0 Å². The molecule has 0 aliphatic heterocycles. The molecule has 4 heteroatoms. The molecule has 0 unspecified atom stereocenters. The van der Waals surface area contributed by atoms with Crippen LogP contribution in [0.3, 0.4) is 0 Å². The van der Waals surface area contributed by atoms with Gasteiger partial charge < -0.3 is 10.5 Å². The second kappa shape index (κ2) is 3.77. The minimum Gasteiger partial charge on any atom is -0.497 e. The Labute approximate surface area is 87.0 Å². The Morgan fingerprint density at radius 1 is 1.33 bits per heavy atom. The van der Waals surface area contributed by atoms with Gasteiger partial charge in [0.05, 0.1) is 7.11 Å². The van der Waals surface area contributed by atoms with Crippen LogP contribution in [0.25, 0.3) is 0 Å². The molecule has 2 N–H and O–H groups in total. The van der Waals surface area contributed by atoms with Crippen molar-refractivity contribution in [3.63, 3.8) is 0 Å². The summed E-state index contributed by atoms with van der Waals surface area (Å²) < 4.78 is 31.8. The van der Waals surface area contributed by atoms with Gasteiger partial charge in [-0.1, -0.05) is 0 Å². The van der Waals surface area contributed by atoms with Gasteiger partial charge in [0, 0.05) is 23.7 Å². The van der Waals surface area contributed by atoms with Crippen molar-refractivity contribution in [3.05, 3.63) is 29.3 Å². The first kappa shape index (κ1) is 10.4. The topological polar surface area (TPSA) is 35.2 Å². The minimum absolute atomic E-state index is 0.0155. The predicted molar refractivity (Wildman–Crippen MR) is 52.6 cm³/mol. The fourth-order valence-electron chi connectivity index (χ4n) is 1.69. The van der Waals surface area contributed by atoms with Crippen LogP contribution in [-0.2, 0) is 0 Å². The molecule has 0 aromatic heterocycles. The first-order chi connectivity index (χ1) is 7.13. The Bertz CT molecular complexity index is 354. The average Bonchev–Trinajstić information content (AvgIpc) is 2.99. The monoisotopic (exact) mass is 213 g/mol. The van der Waals surface area contributed by atoms with Crippen molar-refractivity contribution < 1.29 is 13.5 Å². The van der Waals surface area contributed by atoms with Crippen LogP contribution in [0.2, 0.25) is 0 Å². The zero-order valence-electron chi connectivity index (χ0n) is 8.47. The third-order valence-electron chi connectivity index (χ3n) is 2.75. The lowest BCUT2D eigenvalue weighted by atomic mass is 10.0. The smallest absolute Gasteiger partial charge is 0.134 e. The number of rotatable bonds is 3. The molecule has 0 spiro atoms. The molecule has 0 bridgehead atoms. The number of halogens is 2. The van der Waals surface area contributed by atoms with E-state index in [0.29, 0.717) is 0 Å². The summed E-state index contributed by atoms with van der Waals surface area (Å²) >= 11 is 0. The van der Waals surface area contributed by atoms with E-state index < -0.39 is 17.7 Å². The fourth-order valence-corrected chi connectivity index (χ4v) is 1.69. The Morgan fingerprint density at radius 3 is 2.27 bits per heavy atom. The van der Waals surface area contributed by atoms with E-state index in [0.717, 1.165) is 12.8 Å². The first-order valence-electron chi connectivity index (χ1n) is 4.92. The second-order valence-electron chi connectivity index (χ2n) is 3.87. The number of benzene rings is 1. The summed E-state index contributed by atoms with van der Waals surface area (Å²) in [7, 11) is 1.37. The number of hydrogen-bond acceptors (Lipinski definition) is 2. The molecule has 1 aliphatic carbocycles. The Hall–Kier alpha value is -1.16. The van der Waals surface area contributed by atoms with E-state index in [2.05, 4.69) is 0 Å². The van der Waals surface area contributed by atoms with E-state index in [4.69, 9.17) is 10.5 Å². The largest absolute Gasteiger partial charge is 0.497 e. The molecule has 2 nitrogen and oxygen atoms in total. The van der Waals surface area contributed by atoms with E-state index in [1.807, 2.05) is 0 Å². The number of nitrogens with two attached hydrogens (primary N) is 1. The normalized spacial score (nSPS) is 17.6. The van der Waals surface area contributed by atoms with Crippen molar-refractivity contribution in [2.45, 2.75) is 18.9 Å². The van der Waals surface area contributed by atoms with Crippen molar-refractivity contribution in [3.8, 4) is 5.75 Å². The maximum absolute atomic E-state index is 13.5. The number of methoxy groups -OCH3 is 1. The van der Waals surface area contributed by atoms with E-state index in [1.165, 1.54) is 19.2 Å². The summed E-state index contributed by atoms with van der Waals surface area (Å²) in [5.74, 6) is -0.836. The highest BCUT2D eigenvalue weighted by molar-refractivity contribution is 5.33. The van der Waals surface area contributed by atoms with Crippen molar-refractivity contribution in [1.82, 2.24) is 0 Å². The van der Waals surface area contributed by atoms with E-state index >= 15 is 0 Å². The molecule has 0 heterocycles. The van der Waals surface area contributed by atoms with Crippen LogP contribution in [0, 0.1) is 17.6 Å².